The van der Waals surface area contributed by atoms with Crippen molar-refractivity contribution in [1.82, 2.24) is 10.2 Å². The van der Waals surface area contributed by atoms with Crippen LogP contribution in [0.5, 0.6) is 0 Å². The Balaban J connectivity index is 1.85. The number of nitrogens with one attached hydrogen (secondary N) is 1. The second-order valence-corrected chi connectivity index (χ2v) is 6.21. The molecule has 1 atom stereocenters. The van der Waals surface area contributed by atoms with Gasteiger partial charge >= 0.3 is 0 Å². The highest BCUT2D eigenvalue weighted by Gasteiger charge is 2.46. The van der Waals surface area contributed by atoms with E-state index in [1.165, 1.54) is 5.56 Å². The smallest absolute Gasteiger partial charge is 0.234 e. The number of nitrogens with zero attached hydrogens (tertiary/aromatic N) is 1. The van der Waals surface area contributed by atoms with E-state index in [0.29, 0.717) is 13.2 Å². The molecule has 0 spiro atoms. The first-order valence-corrected chi connectivity index (χ1v) is 7.53. The number of carbonyl (C=O) groups excluding carboxylic acids is 1. The summed E-state index contributed by atoms with van der Waals surface area (Å²) in [6.07, 6.45) is 2.22. The van der Waals surface area contributed by atoms with Gasteiger partial charge in [-0.3, -0.25) is 9.69 Å². The van der Waals surface area contributed by atoms with E-state index in [2.05, 4.69) is 41.4 Å². The number of likely N-dealkylation sites (N-methyl/N-ethyl adjacent to an activating group) is 1. The molecule has 1 aliphatic rings. The molecule has 21 heavy (non-hydrogen) atoms. The van der Waals surface area contributed by atoms with Gasteiger partial charge in [-0.2, -0.15) is 0 Å². The van der Waals surface area contributed by atoms with Crippen molar-refractivity contribution in [3.05, 3.63) is 35.4 Å². The number of benzene rings is 1. The number of ether oxygens (including phenoxy) is 1. The molecule has 4 heteroatoms. The summed E-state index contributed by atoms with van der Waals surface area (Å²) in [5, 5.41) is 3.07. The predicted octanol–water partition coefficient (Wildman–Crippen LogP) is 2.28. The summed E-state index contributed by atoms with van der Waals surface area (Å²) in [5.41, 5.74) is 2.45. The monoisotopic (exact) mass is 290 g/mol. The van der Waals surface area contributed by atoms with Gasteiger partial charge in [0.1, 0.15) is 0 Å². The van der Waals surface area contributed by atoms with Crippen molar-refractivity contribution in [3.63, 3.8) is 0 Å². The molecule has 0 radical (unpaired) electrons. The minimum absolute atomic E-state index is 0.0316. The van der Waals surface area contributed by atoms with Crippen LogP contribution >= 0.6 is 0 Å². The number of rotatable bonds is 7. The Morgan fingerprint density at radius 2 is 2.00 bits per heavy atom. The molecule has 0 bridgehead atoms. The summed E-state index contributed by atoms with van der Waals surface area (Å²) in [6.45, 7) is 5.20. The van der Waals surface area contributed by atoms with Crippen molar-refractivity contribution in [3.8, 4) is 0 Å². The Morgan fingerprint density at radius 1 is 1.38 bits per heavy atom. The van der Waals surface area contributed by atoms with E-state index in [9.17, 15) is 4.79 Å². The third-order valence-corrected chi connectivity index (χ3v) is 4.39. The fourth-order valence-electron chi connectivity index (χ4n) is 2.66. The maximum absolute atomic E-state index is 12.2. The van der Waals surface area contributed by atoms with Crippen molar-refractivity contribution in [2.24, 2.45) is 0 Å². The number of hydrogen-bond donors (Lipinski definition) is 1. The van der Waals surface area contributed by atoms with E-state index in [-0.39, 0.29) is 17.5 Å². The molecule has 0 heterocycles. The molecule has 0 saturated heterocycles. The minimum Gasteiger partial charge on any atom is -0.383 e. The average Bonchev–Trinajstić information content (AvgIpc) is 3.20. The molecule has 1 aromatic rings. The maximum Gasteiger partial charge on any atom is 0.234 e. The molecule has 1 unspecified atom stereocenters. The molecule has 1 fully saturated rings. The first kappa shape index (κ1) is 16.0. The molecule has 4 nitrogen and oxygen atoms in total. The summed E-state index contributed by atoms with van der Waals surface area (Å²) < 4.78 is 5.26. The normalized spacial score (nSPS) is 17.6. The lowest BCUT2D eigenvalue weighted by Crippen LogP contribution is -2.44. The van der Waals surface area contributed by atoms with Crippen LogP contribution in [0.15, 0.2) is 24.3 Å². The fraction of sp³-hybridized carbons (Fsp3) is 0.588. The molecular weight excluding hydrogens is 264 g/mol. The molecule has 0 aromatic heterocycles. The van der Waals surface area contributed by atoms with Crippen LogP contribution in [-0.2, 0) is 9.53 Å². The predicted molar refractivity (Wildman–Crippen MR) is 84.2 cm³/mol. The van der Waals surface area contributed by atoms with Gasteiger partial charge in [0, 0.05) is 12.6 Å². The molecule has 1 amide bonds. The zero-order valence-corrected chi connectivity index (χ0v) is 13.5. The second kappa shape index (κ2) is 6.58. The van der Waals surface area contributed by atoms with E-state index in [0.717, 1.165) is 18.4 Å². The van der Waals surface area contributed by atoms with Crippen LogP contribution in [0.3, 0.4) is 0 Å². The largest absolute Gasteiger partial charge is 0.383 e. The van der Waals surface area contributed by atoms with Crippen molar-refractivity contribution < 1.29 is 9.53 Å². The Labute approximate surface area is 127 Å². The van der Waals surface area contributed by atoms with Crippen molar-refractivity contribution in [2.45, 2.75) is 38.3 Å². The molecule has 1 N–H and O–H groups in total. The first-order chi connectivity index (χ1) is 9.97. The van der Waals surface area contributed by atoms with Crippen molar-refractivity contribution >= 4 is 5.91 Å². The fourth-order valence-corrected chi connectivity index (χ4v) is 2.66. The van der Waals surface area contributed by atoms with Gasteiger partial charge in [0.15, 0.2) is 0 Å². The average molecular weight is 290 g/mol. The summed E-state index contributed by atoms with van der Waals surface area (Å²) in [5.74, 6) is 0.0629. The first-order valence-electron chi connectivity index (χ1n) is 7.53. The Hall–Kier alpha value is -1.39. The lowest BCUT2D eigenvalue weighted by Gasteiger charge is -2.27. The Kier molecular flexibility index (Phi) is 5.01. The lowest BCUT2D eigenvalue weighted by atomic mass is 10.1. The Bertz CT molecular complexity index is 480. The molecule has 1 aliphatic carbocycles. The van der Waals surface area contributed by atoms with Crippen LogP contribution in [0.25, 0.3) is 0 Å². The maximum atomic E-state index is 12.2. The lowest BCUT2D eigenvalue weighted by molar-refractivity contribution is -0.123. The number of hydrogen-bond acceptors (Lipinski definition) is 3. The summed E-state index contributed by atoms with van der Waals surface area (Å²) >= 11 is 0. The standard InChI is InChI=1S/C17H26N2O2/c1-13-5-7-15(8-6-13)14(2)18-16(20)11-19(3)17(9-10-17)12-21-4/h5-8,14H,9-12H2,1-4H3,(H,18,20). The van der Waals surface area contributed by atoms with Crippen LogP contribution in [-0.4, -0.2) is 43.7 Å². The van der Waals surface area contributed by atoms with Crippen LogP contribution in [0.2, 0.25) is 0 Å². The SMILES string of the molecule is COCC1(N(C)CC(=O)NC(C)c2ccc(C)cc2)CC1. The highest BCUT2D eigenvalue weighted by molar-refractivity contribution is 5.78. The van der Waals surface area contributed by atoms with Gasteiger partial charge in [0.05, 0.1) is 19.2 Å². The van der Waals surface area contributed by atoms with Crippen LogP contribution in [0.4, 0.5) is 0 Å². The van der Waals surface area contributed by atoms with Crippen LogP contribution in [0.1, 0.15) is 36.9 Å². The zero-order valence-electron chi connectivity index (χ0n) is 13.5. The third kappa shape index (κ3) is 4.05. The molecule has 2 rings (SSSR count). The van der Waals surface area contributed by atoms with Crippen molar-refractivity contribution in [1.29, 1.82) is 0 Å². The highest BCUT2D eigenvalue weighted by Crippen LogP contribution is 2.40. The summed E-state index contributed by atoms with van der Waals surface area (Å²) in [7, 11) is 3.72. The van der Waals surface area contributed by atoms with Crippen LogP contribution < -0.4 is 5.32 Å². The van der Waals surface area contributed by atoms with E-state index >= 15 is 0 Å². The third-order valence-electron chi connectivity index (χ3n) is 4.39. The molecule has 1 saturated carbocycles. The number of carbonyl (C=O) groups is 1. The Morgan fingerprint density at radius 3 is 2.52 bits per heavy atom. The quantitative estimate of drug-likeness (QED) is 0.837. The zero-order chi connectivity index (χ0) is 15.5. The molecular formula is C17H26N2O2. The summed E-state index contributed by atoms with van der Waals surface area (Å²) in [4.78, 5) is 14.3. The second-order valence-electron chi connectivity index (χ2n) is 6.21. The van der Waals surface area contributed by atoms with Gasteiger partial charge in [0.2, 0.25) is 5.91 Å². The summed E-state index contributed by atoms with van der Waals surface area (Å²) in [6, 6.07) is 8.31. The van der Waals surface area contributed by atoms with E-state index in [4.69, 9.17) is 4.74 Å². The van der Waals surface area contributed by atoms with Crippen LogP contribution in [0, 0.1) is 6.92 Å². The molecule has 116 valence electrons. The van der Waals surface area contributed by atoms with Gasteiger partial charge in [-0.05, 0) is 39.3 Å². The van der Waals surface area contributed by atoms with E-state index in [1.807, 2.05) is 14.0 Å². The topological polar surface area (TPSA) is 41.6 Å². The highest BCUT2D eigenvalue weighted by atomic mass is 16.5. The van der Waals surface area contributed by atoms with E-state index in [1.54, 1.807) is 7.11 Å². The molecule has 0 aliphatic heterocycles. The van der Waals surface area contributed by atoms with Gasteiger partial charge < -0.3 is 10.1 Å². The minimum atomic E-state index is 0.0316. The van der Waals surface area contributed by atoms with Gasteiger partial charge in [-0.25, -0.2) is 0 Å². The van der Waals surface area contributed by atoms with Gasteiger partial charge in [-0.15, -0.1) is 0 Å². The number of methoxy groups -OCH3 is 1. The molecule has 1 aromatic carbocycles. The van der Waals surface area contributed by atoms with Gasteiger partial charge in [0.25, 0.3) is 0 Å². The number of amides is 1. The number of aryl methyl sites for hydroxylation is 1. The van der Waals surface area contributed by atoms with Gasteiger partial charge in [-0.1, -0.05) is 29.8 Å². The van der Waals surface area contributed by atoms with E-state index < -0.39 is 0 Å². The van der Waals surface area contributed by atoms with Crippen molar-refractivity contribution in [2.75, 3.05) is 27.3 Å².